The second-order valence-electron chi connectivity index (χ2n) is 6.40. The van der Waals surface area contributed by atoms with E-state index in [9.17, 15) is 5.11 Å². The molecule has 2 unspecified atom stereocenters. The molecular formula is C18H30N2O. The van der Waals surface area contributed by atoms with E-state index in [0.717, 1.165) is 18.5 Å². The van der Waals surface area contributed by atoms with Crippen LogP contribution in [-0.4, -0.2) is 35.7 Å². The van der Waals surface area contributed by atoms with Gasteiger partial charge in [0.1, 0.15) is 0 Å². The van der Waals surface area contributed by atoms with Crippen molar-refractivity contribution in [1.29, 1.82) is 0 Å². The van der Waals surface area contributed by atoms with Gasteiger partial charge in [-0.15, -0.1) is 0 Å². The van der Waals surface area contributed by atoms with E-state index in [1.807, 2.05) is 30.3 Å². The van der Waals surface area contributed by atoms with Crippen LogP contribution in [0, 0.1) is 0 Å². The number of aliphatic hydroxyl groups is 1. The number of piperidine rings is 1. The zero-order valence-electron chi connectivity index (χ0n) is 13.3. The lowest BCUT2D eigenvalue weighted by molar-refractivity contribution is 0.110. The molecule has 2 atom stereocenters. The fraction of sp³-hybridized carbons (Fsp3) is 0.667. The molecule has 1 heterocycles. The van der Waals surface area contributed by atoms with Crippen molar-refractivity contribution >= 4 is 0 Å². The Morgan fingerprint density at radius 2 is 2.05 bits per heavy atom. The van der Waals surface area contributed by atoms with Gasteiger partial charge in [0.05, 0.1) is 12.1 Å². The minimum Gasteiger partial charge on any atom is -0.394 e. The van der Waals surface area contributed by atoms with E-state index >= 15 is 0 Å². The SMILES string of the molecule is CCCC1CCCCN1CCC(N)(CO)c1ccccc1. The molecule has 1 aliphatic heterocycles. The summed E-state index contributed by atoms with van der Waals surface area (Å²) in [5.74, 6) is 0. The van der Waals surface area contributed by atoms with Crippen molar-refractivity contribution in [2.45, 2.75) is 57.0 Å². The fourth-order valence-corrected chi connectivity index (χ4v) is 3.44. The lowest BCUT2D eigenvalue weighted by atomic mass is 9.87. The highest BCUT2D eigenvalue weighted by atomic mass is 16.3. The predicted molar refractivity (Wildman–Crippen MR) is 88.1 cm³/mol. The summed E-state index contributed by atoms with van der Waals surface area (Å²) in [6, 6.07) is 10.7. The number of rotatable bonds is 7. The van der Waals surface area contributed by atoms with E-state index in [1.54, 1.807) is 0 Å². The summed E-state index contributed by atoms with van der Waals surface area (Å²) < 4.78 is 0. The Morgan fingerprint density at radius 3 is 2.71 bits per heavy atom. The molecule has 0 saturated carbocycles. The minimum absolute atomic E-state index is 0.00327. The van der Waals surface area contributed by atoms with Gasteiger partial charge < -0.3 is 15.7 Å². The first-order valence-electron chi connectivity index (χ1n) is 8.39. The average Bonchev–Trinajstić information content (AvgIpc) is 2.55. The number of hydrogen-bond donors (Lipinski definition) is 2. The fourth-order valence-electron chi connectivity index (χ4n) is 3.44. The van der Waals surface area contributed by atoms with Crippen molar-refractivity contribution in [2.24, 2.45) is 5.73 Å². The normalized spacial score (nSPS) is 22.9. The van der Waals surface area contributed by atoms with Gasteiger partial charge in [-0.25, -0.2) is 0 Å². The van der Waals surface area contributed by atoms with Crippen LogP contribution in [0.25, 0.3) is 0 Å². The van der Waals surface area contributed by atoms with Crippen LogP contribution < -0.4 is 5.73 Å². The number of benzene rings is 1. The molecule has 3 nitrogen and oxygen atoms in total. The Balaban J connectivity index is 1.98. The molecule has 1 saturated heterocycles. The zero-order valence-corrected chi connectivity index (χ0v) is 13.3. The Labute approximate surface area is 129 Å². The summed E-state index contributed by atoms with van der Waals surface area (Å²) in [5.41, 5.74) is 6.90. The molecule has 1 aromatic rings. The second-order valence-corrected chi connectivity index (χ2v) is 6.40. The van der Waals surface area contributed by atoms with E-state index in [0.29, 0.717) is 6.04 Å². The van der Waals surface area contributed by atoms with Crippen molar-refractivity contribution in [3.8, 4) is 0 Å². The summed E-state index contributed by atoms with van der Waals surface area (Å²) in [6.07, 6.45) is 7.30. The zero-order chi connectivity index (χ0) is 15.1. The average molecular weight is 290 g/mol. The molecule has 0 bridgehead atoms. The van der Waals surface area contributed by atoms with E-state index in [4.69, 9.17) is 5.73 Å². The van der Waals surface area contributed by atoms with Crippen LogP contribution in [0.4, 0.5) is 0 Å². The molecule has 0 aromatic heterocycles. The Hall–Kier alpha value is -0.900. The first kappa shape index (κ1) is 16.5. The van der Waals surface area contributed by atoms with Crippen LogP contribution in [0.1, 0.15) is 51.0 Å². The van der Waals surface area contributed by atoms with Gasteiger partial charge in [-0.05, 0) is 37.8 Å². The van der Waals surface area contributed by atoms with Gasteiger partial charge >= 0.3 is 0 Å². The summed E-state index contributed by atoms with van der Waals surface area (Å²) in [4.78, 5) is 2.59. The first-order chi connectivity index (χ1) is 10.2. The van der Waals surface area contributed by atoms with Crippen molar-refractivity contribution < 1.29 is 5.11 Å². The highest BCUT2D eigenvalue weighted by molar-refractivity contribution is 5.24. The topological polar surface area (TPSA) is 49.5 Å². The Morgan fingerprint density at radius 1 is 1.29 bits per heavy atom. The molecule has 1 aromatic carbocycles. The van der Waals surface area contributed by atoms with Gasteiger partial charge in [0.2, 0.25) is 0 Å². The maximum atomic E-state index is 9.79. The van der Waals surface area contributed by atoms with Crippen LogP contribution >= 0.6 is 0 Å². The van der Waals surface area contributed by atoms with Crippen LogP contribution in [-0.2, 0) is 5.54 Å². The van der Waals surface area contributed by atoms with E-state index < -0.39 is 5.54 Å². The number of nitrogens with two attached hydrogens (primary N) is 1. The highest BCUT2D eigenvalue weighted by Gasteiger charge is 2.29. The standard InChI is InChI=1S/C18H30N2O/c1-2-8-17-11-6-7-13-20(17)14-12-18(19,15-21)16-9-4-3-5-10-16/h3-5,9-10,17,21H,2,6-8,11-15,19H2,1H3. The Kier molecular flexibility index (Phi) is 6.22. The minimum atomic E-state index is -0.616. The lowest BCUT2D eigenvalue weighted by Crippen LogP contribution is -2.47. The number of nitrogens with zero attached hydrogens (tertiary/aromatic N) is 1. The van der Waals surface area contributed by atoms with Crippen LogP contribution in [0.15, 0.2) is 30.3 Å². The van der Waals surface area contributed by atoms with Crippen LogP contribution in [0.3, 0.4) is 0 Å². The molecule has 0 amide bonds. The van der Waals surface area contributed by atoms with Crippen LogP contribution in [0.5, 0.6) is 0 Å². The first-order valence-corrected chi connectivity index (χ1v) is 8.39. The lowest BCUT2D eigenvalue weighted by Gasteiger charge is -2.38. The van der Waals surface area contributed by atoms with Crippen molar-refractivity contribution in [3.05, 3.63) is 35.9 Å². The molecular weight excluding hydrogens is 260 g/mol. The molecule has 118 valence electrons. The number of likely N-dealkylation sites (tertiary alicyclic amines) is 1. The van der Waals surface area contributed by atoms with E-state index in [-0.39, 0.29) is 6.61 Å². The maximum absolute atomic E-state index is 9.79. The smallest absolute Gasteiger partial charge is 0.0656 e. The summed E-state index contributed by atoms with van der Waals surface area (Å²) in [5, 5.41) is 9.79. The van der Waals surface area contributed by atoms with Gasteiger partial charge in [0, 0.05) is 12.6 Å². The molecule has 3 N–H and O–H groups in total. The predicted octanol–water partition coefficient (Wildman–Crippen LogP) is 2.88. The van der Waals surface area contributed by atoms with Gasteiger partial charge in [0.15, 0.2) is 0 Å². The maximum Gasteiger partial charge on any atom is 0.0656 e. The number of hydrogen-bond acceptors (Lipinski definition) is 3. The monoisotopic (exact) mass is 290 g/mol. The summed E-state index contributed by atoms with van der Waals surface area (Å²) >= 11 is 0. The summed E-state index contributed by atoms with van der Waals surface area (Å²) in [6.45, 7) is 4.43. The van der Waals surface area contributed by atoms with Crippen molar-refractivity contribution in [2.75, 3.05) is 19.7 Å². The van der Waals surface area contributed by atoms with E-state index in [1.165, 1.54) is 38.6 Å². The van der Waals surface area contributed by atoms with Gasteiger partial charge in [-0.2, -0.15) is 0 Å². The van der Waals surface area contributed by atoms with Gasteiger partial charge in [0.25, 0.3) is 0 Å². The molecule has 0 spiro atoms. The third kappa shape index (κ3) is 4.29. The molecule has 3 heteroatoms. The number of aliphatic hydroxyl groups excluding tert-OH is 1. The molecule has 0 radical (unpaired) electrons. The second kappa shape index (κ2) is 7.92. The highest BCUT2D eigenvalue weighted by Crippen LogP contribution is 2.26. The van der Waals surface area contributed by atoms with E-state index in [2.05, 4.69) is 11.8 Å². The molecule has 0 aliphatic carbocycles. The largest absolute Gasteiger partial charge is 0.394 e. The quantitative estimate of drug-likeness (QED) is 0.812. The van der Waals surface area contributed by atoms with Crippen molar-refractivity contribution in [3.63, 3.8) is 0 Å². The Bertz CT molecular complexity index is 407. The molecule has 1 aliphatic rings. The third-order valence-corrected chi connectivity index (χ3v) is 4.85. The molecule has 1 fully saturated rings. The molecule has 21 heavy (non-hydrogen) atoms. The van der Waals surface area contributed by atoms with Crippen LogP contribution in [0.2, 0.25) is 0 Å². The summed E-state index contributed by atoms with van der Waals surface area (Å²) in [7, 11) is 0. The third-order valence-electron chi connectivity index (χ3n) is 4.85. The van der Waals surface area contributed by atoms with Gasteiger partial charge in [-0.3, -0.25) is 0 Å². The van der Waals surface area contributed by atoms with Gasteiger partial charge in [-0.1, -0.05) is 50.1 Å². The van der Waals surface area contributed by atoms with Crippen molar-refractivity contribution in [1.82, 2.24) is 4.90 Å². The molecule has 2 rings (SSSR count).